The summed E-state index contributed by atoms with van der Waals surface area (Å²) in [6, 6.07) is 0. The molecule has 0 saturated heterocycles. The van der Waals surface area contributed by atoms with Gasteiger partial charge in [-0.1, -0.05) is 41.5 Å². The van der Waals surface area contributed by atoms with E-state index in [1.54, 1.807) is 6.92 Å². The van der Waals surface area contributed by atoms with E-state index in [4.69, 9.17) is 5.11 Å². The van der Waals surface area contributed by atoms with Gasteiger partial charge >= 0.3 is 5.97 Å². The number of carbonyl (C=O) groups is 1. The molecule has 1 N–H and O–H groups in total. The smallest absolute Gasteiger partial charge is 0.309 e. The van der Waals surface area contributed by atoms with Crippen molar-refractivity contribution in [3.8, 4) is 0 Å². The van der Waals surface area contributed by atoms with E-state index in [0.717, 1.165) is 12.8 Å². The minimum Gasteiger partial charge on any atom is -0.481 e. The molecule has 82 valence electrons. The fourth-order valence-electron chi connectivity index (χ4n) is 0.401. The lowest BCUT2D eigenvalue weighted by molar-refractivity contribution is -0.142. The van der Waals surface area contributed by atoms with Crippen LogP contribution in [0, 0.1) is 5.41 Å². The maximum atomic E-state index is 10.1. The van der Waals surface area contributed by atoms with E-state index in [1.807, 2.05) is 41.5 Å². The molecular formula is C11H26O2. The van der Waals surface area contributed by atoms with Gasteiger partial charge in [0.05, 0.1) is 5.41 Å². The van der Waals surface area contributed by atoms with Gasteiger partial charge in [-0.15, -0.1) is 0 Å². The summed E-state index contributed by atoms with van der Waals surface area (Å²) < 4.78 is 0. The van der Waals surface area contributed by atoms with E-state index >= 15 is 0 Å². The molecule has 0 spiro atoms. The first kappa shape index (κ1) is 18.3. The molecule has 0 aromatic carbocycles. The maximum absolute atomic E-state index is 10.1. The third-order valence-electron chi connectivity index (χ3n) is 1.52. The summed E-state index contributed by atoms with van der Waals surface area (Å²) in [6.45, 7) is 13.8. The molecule has 0 aromatic rings. The highest BCUT2D eigenvalue weighted by Crippen LogP contribution is 2.44. The number of carboxylic acid groups (broad SMARTS) is 1. The van der Waals surface area contributed by atoms with Gasteiger partial charge in [-0.25, -0.2) is 0 Å². The van der Waals surface area contributed by atoms with Gasteiger partial charge in [0, 0.05) is 0 Å². The van der Waals surface area contributed by atoms with Crippen LogP contribution < -0.4 is 0 Å². The predicted molar refractivity (Wildman–Crippen MR) is 59.0 cm³/mol. The van der Waals surface area contributed by atoms with Gasteiger partial charge in [-0.3, -0.25) is 4.79 Å². The number of carboxylic acids is 1. The van der Waals surface area contributed by atoms with Crippen LogP contribution in [0.15, 0.2) is 0 Å². The van der Waals surface area contributed by atoms with Crippen molar-refractivity contribution in [3.63, 3.8) is 0 Å². The van der Waals surface area contributed by atoms with Gasteiger partial charge in [0.15, 0.2) is 0 Å². The lowest BCUT2D eigenvalue weighted by Gasteiger charge is -1.94. The minimum atomic E-state index is -0.646. The molecule has 0 radical (unpaired) electrons. The molecule has 1 rings (SSSR count). The zero-order chi connectivity index (χ0) is 11.5. The second-order valence-electron chi connectivity index (χ2n) is 2.37. The van der Waals surface area contributed by atoms with Crippen LogP contribution in [-0.4, -0.2) is 11.1 Å². The number of hydrogen-bond acceptors (Lipinski definition) is 1. The lowest BCUT2D eigenvalue weighted by Crippen LogP contribution is -2.08. The van der Waals surface area contributed by atoms with E-state index < -0.39 is 5.97 Å². The Morgan fingerprint density at radius 2 is 1.23 bits per heavy atom. The van der Waals surface area contributed by atoms with Gasteiger partial charge in [-0.2, -0.15) is 0 Å². The van der Waals surface area contributed by atoms with Gasteiger partial charge in [0.2, 0.25) is 0 Å². The molecule has 1 fully saturated rings. The summed E-state index contributed by atoms with van der Waals surface area (Å²) in [5.74, 6) is -0.646. The summed E-state index contributed by atoms with van der Waals surface area (Å²) in [5.41, 5.74) is -0.333. The van der Waals surface area contributed by atoms with Gasteiger partial charge in [0.25, 0.3) is 0 Å². The fraction of sp³-hybridized carbons (Fsp3) is 0.909. The molecule has 13 heavy (non-hydrogen) atoms. The third-order valence-corrected chi connectivity index (χ3v) is 1.52. The van der Waals surface area contributed by atoms with E-state index in [-0.39, 0.29) is 5.41 Å². The second kappa shape index (κ2) is 11.5. The first-order valence-corrected chi connectivity index (χ1v) is 5.38. The summed E-state index contributed by atoms with van der Waals surface area (Å²) in [5, 5.41) is 8.31. The number of aliphatic carboxylic acids is 1. The minimum absolute atomic E-state index is 0.333. The molecule has 0 atom stereocenters. The first-order chi connectivity index (χ1) is 6.15. The van der Waals surface area contributed by atoms with Crippen LogP contribution in [0.2, 0.25) is 0 Å². The fourth-order valence-corrected chi connectivity index (χ4v) is 0.401. The van der Waals surface area contributed by atoms with Gasteiger partial charge < -0.3 is 5.11 Å². The molecule has 0 unspecified atom stereocenters. The van der Waals surface area contributed by atoms with Crippen LogP contribution in [0.1, 0.15) is 61.3 Å². The average Bonchev–Trinajstić information content (AvgIpc) is 2.95. The largest absolute Gasteiger partial charge is 0.481 e. The zero-order valence-corrected chi connectivity index (χ0v) is 10.3. The summed E-state index contributed by atoms with van der Waals surface area (Å²) in [7, 11) is 0. The molecule has 2 nitrogen and oxygen atoms in total. The average molecular weight is 190 g/mol. The molecule has 0 amide bonds. The van der Waals surface area contributed by atoms with Crippen molar-refractivity contribution in [1.29, 1.82) is 0 Å². The summed E-state index contributed by atoms with van der Waals surface area (Å²) >= 11 is 0. The molecule has 2 heteroatoms. The van der Waals surface area contributed by atoms with Crippen LogP contribution in [0.5, 0.6) is 0 Å². The van der Waals surface area contributed by atoms with Crippen molar-refractivity contribution in [2.45, 2.75) is 61.3 Å². The molecule has 1 aliphatic rings. The highest BCUT2D eigenvalue weighted by Gasteiger charge is 2.44. The second-order valence-corrected chi connectivity index (χ2v) is 2.37. The monoisotopic (exact) mass is 190 g/mol. The third kappa shape index (κ3) is 9.38. The van der Waals surface area contributed by atoms with E-state index in [2.05, 4.69) is 0 Å². The van der Waals surface area contributed by atoms with Crippen LogP contribution in [-0.2, 0) is 4.79 Å². The van der Waals surface area contributed by atoms with Crippen molar-refractivity contribution < 1.29 is 9.90 Å². The Morgan fingerprint density at radius 3 is 1.23 bits per heavy atom. The highest BCUT2D eigenvalue weighted by molar-refractivity contribution is 5.77. The van der Waals surface area contributed by atoms with Gasteiger partial charge in [-0.05, 0) is 19.8 Å². The molecule has 0 bridgehead atoms. The van der Waals surface area contributed by atoms with Crippen LogP contribution in [0.25, 0.3) is 0 Å². The van der Waals surface area contributed by atoms with Crippen molar-refractivity contribution in [3.05, 3.63) is 0 Å². The standard InChI is InChI=1S/C5H8O2.3C2H6/c1-5(2-3-5)4(6)7;3*1-2/h2-3H2,1H3,(H,6,7);3*1-2H3. The Kier molecular flexibility index (Phi) is 16.1. The van der Waals surface area contributed by atoms with Crippen LogP contribution >= 0.6 is 0 Å². The van der Waals surface area contributed by atoms with E-state index in [1.165, 1.54) is 0 Å². The van der Waals surface area contributed by atoms with Crippen molar-refractivity contribution in [1.82, 2.24) is 0 Å². The SMILES string of the molecule is CC.CC.CC.CC1(C(=O)O)CC1. The van der Waals surface area contributed by atoms with Gasteiger partial charge in [0.1, 0.15) is 0 Å². The topological polar surface area (TPSA) is 37.3 Å². The van der Waals surface area contributed by atoms with Crippen molar-refractivity contribution in [2.24, 2.45) is 5.41 Å². The normalized spacial score (nSPS) is 14.4. The number of hydrogen-bond donors (Lipinski definition) is 1. The van der Waals surface area contributed by atoms with Crippen molar-refractivity contribution >= 4 is 5.97 Å². The van der Waals surface area contributed by atoms with Crippen LogP contribution in [0.4, 0.5) is 0 Å². The Bertz CT molecular complexity index is 105. The summed E-state index contributed by atoms with van der Waals surface area (Å²) in [6.07, 6.45) is 1.73. The predicted octanol–water partition coefficient (Wildman–Crippen LogP) is 3.95. The number of rotatable bonds is 1. The molecule has 1 aliphatic carbocycles. The molecule has 0 aromatic heterocycles. The summed E-state index contributed by atoms with van der Waals surface area (Å²) in [4.78, 5) is 10.1. The van der Waals surface area contributed by atoms with E-state index in [0.29, 0.717) is 0 Å². The Labute approximate surface area is 83.4 Å². The Morgan fingerprint density at radius 1 is 1.00 bits per heavy atom. The quantitative estimate of drug-likeness (QED) is 0.679. The van der Waals surface area contributed by atoms with E-state index in [9.17, 15) is 4.79 Å². The highest BCUT2D eigenvalue weighted by atomic mass is 16.4. The molecule has 0 heterocycles. The Hall–Kier alpha value is -0.530. The molecular weight excluding hydrogens is 164 g/mol. The van der Waals surface area contributed by atoms with Crippen LogP contribution in [0.3, 0.4) is 0 Å². The first-order valence-electron chi connectivity index (χ1n) is 5.38. The lowest BCUT2D eigenvalue weighted by atomic mass is 10.2. The molecule has 0 aliphatic heterocycles. The van der Waals surface area contributed by atoms with Crippen molar-refractivity contribution in [2.75, 3.05) is 0 Å². The maximum Gasteiger partial charge on any atom is 0.309 e. The Balaban J connectivity index is -0.000000144. The molecule has 1 saturated carbocycles. The zero-order valence-electron chi connectivity index (χ0n) is 10.3.